The first-order valence-corrected chi connectivity index (χ1v) is 10.4. The predicted molar refractivity (Wildman–Crippen MR) is 111 cm³/mol. The number of likely N-dealkylation sites (N-methyl/N-ethyl adjacent to an activating group) is 1. The van der Waals surface area contributed by atoms with Crippen molar-refractivity contribution in [3.8, 4) is 11.5 Å². The fourth-order valence-electron chi connectivity index (χ4n) is 5.08. The second-order valence-electron chi connectivity index (χ2n) is 8.68. The van der Waals surface area contributed by atoms with Crippen LogP contribution in [0.15, 0.2) is 23.3 Å². The molecule has 2 saturated carbocycles. The molecule has 1 heterocycles. The molecular weight excluding hydrogens is 386 g/mol. The Hall–Kier alpha value is -2.61. The number of fused-ring (bicyclic) bond motifs is 1. The first kappa shape index (κ1) is 20.7. The van der Waals surface area contributed by atoms with Gasteiger partial charge >= 0.3 is 5.97 Å². The molecule has 2 aliphatic carbocycles. The summed E-state index contributed by atoms with van der Waals surface area (Å²) >= 11 is 0. The standard InChI is InChI=1S/C22H29N3O5/c1-25-11-10-21(14-4-5-16(29-2)17(12-14)30-3)7-6-15(13-18(21)25)23-24-19(26)22(8-9-22)20(27)28/h4-5,12,18H,6-11,13H2,1-3H3,(H,24,26)(H,27,28)/b23-15+/t18-,21-/m0/s1. The number of hydrogen-bond acceptors (Lipinski definition) is 6. The quantitative estimate of drug-likeness (QED) is 0.546. The maximum Gasteiger partial charge on any atom is 0.319 e. The van der Waals surface area contributed by atoms with Gasteiger partial charge in [0, 0.05) is 23.6 Å². The van der Waals surface area contributed by atoms with Crippen molar-refractivity contribution < 1.29 is 24.2 Å². The maximum absolute atomic E-state index is 12.3. The molecule has 162 valence electrons. The highest BCUT2D eigenvalue weighted by atomic mass is 16.5. The van der Waals surface area contributed by atoms with Crippen molar-refractivity contribution in [3.63, 3.8) is 0 Å². The monoisotopic (exact) mass is 415 g/mol. The van der Waals surface area contributed by atoms with E-state index in [1.54, 1.807) is 14.2 Å². The van der Waals surface area contributed by atoms with Crippen LogP contribution in [0.2, 0.25) is 0 Å². The third kappa shape index (κ3) is 3.23. The summed E-state index contributed by atoms with van der Waals surface area (Å²) in [6.45, 7) is 0.987. The van der Waals surface area contributed by atoms with Crippen molar-refractivity contribution in [3.05, 3.63) is 23.8 Å². The smallest absolute Gasteiger partial charge is 0.319 e. The van der Waals surface area contributed by atoms with Crippen molar-refractivity contribution in [2.45, 2.75) is 50.0 Å². The molecule has 8 nitrogen and oxygen atoms in total. The van der Waals surface area contributed by atoms with Crippen LogP contribution in [-0.4, -0.2) is 61.4 Å². The molecule has 8 heteroatoms. The molecule has 3 fully saturated rings. The molecule has 4 rings (SSSR count). The van der Waals surface area contributed by atoms with E-state index in [1.165, 1.54) is 5.56 Å². The molecule has 3 aliphatic rings. The molecule has 1 amide bonds. The van der Waals surface area contributed by atoms with Crippen LogP contribution >= 0.6 is 0 Å². The van der Waals surface area contributed by atoms with Crippen molar-refractivity contribution in [2.75, 3.05) is 27.8 Å². The SMILES string of the molecule is COc1ccc([C@@]23CC/C(=N\NC(=O)C4(C(=O)O)CC4)C[C@@H]2N(C)CC3)cc1OC. The number of likely N-dealkylation sites (tertiary alicyclic amines) is 1. The van der Waals surface area contributed by atoms with Gasteiger partial charge in [0.05, 0.1) is 14.2 Å². The fraction of sp³-hybridized carbons (Fsp3) is 0.591. The highest BCUT2D eigenvalue weighted by Gasteiger charge is 2.57. The van der Waals surface area contributed by atoms with E-state index < -0.39 is 17.3 Å². The minimum absolute atomic E-state index is 0.00386. The van der Waals surface area contributed by atoms with E-state index in [0.717, 1.165) is 43.7 Å². The number of carboxylic acids is 1. The number of rotatable bonds is 6. The summed E-state index contributed by atoms with van der Waals surface area (Å²) in [5, 5.41) is 13.6. The zero-order valence-corrected chi connectivity index (χ0v) is 17.7. The topological polar surface area (TPSA) is 100 Å². The van der Waals surface area contributed by atoms with Gasteiger partial charge < -0.3 is 19.5 Å². The van der Waals surface area contributed by atoms with Crippen LogP contribution in [0.3, 0.4) is 0 Å². The number of amides is 1. The molecular formula is C22H29N3O5. The molecule has 1 aliphatic heterocycles. The highest BCUT2D eigenvalue weighted by Crippen LogP contribution is 2.49. The van der Waals surface area contributed by atoms with E-state index in [0.29, 0.717) is 18.6 Å². The second-order valence-corrected chi connectivity index (χ2v) is 8.68. The zero-order valence-electron chi connectivity index (χ0n) is 17.7. The molecule has 0 unspecified atom stereocenters. The Labute approximate surface area is 176 Å². The molecule has 1 aromatic rings. The molecule has 0 aromatic heterocycles. The Morgan fingerprint density at radius 2 is 1.90 bits per heavy atom. The number of hydrazone groups is 1. The van der Waals surface area contributed by atoms with Crippen LogP contribution in [0.4, 0.5) is 0 Å². The number of carbonyl (C=O) groups is 2. The molecule has 2 atom stereocenters. The molecule has 1 aromatic carbocycles. The summed E-state index contributed by atoms with van der Waals surface area (Å²) in [6.07, 6.45) is 4.23. The van der Waals surface area contributed by atoms with E-state index >= 15 is 0 Å². The van der Waals surface area contributed by atoms with Gasteiger partial charge in [-0.15, -0.1) is 0 Å². The minimum atomic E-state index is -1.27. The number of benzene rings is 1. The normalized spacial score (nSPS) is 28.6. The van der Waals surface area contributed by atoms with Crippen LogP contribution < -0.4 is 14.9 Å². The molecule has 30 heavy (non-hydrogen) atoms. The van der Waals surface area contributed by atoms with E-state index in [-0.39, 0.29) is 11.5 Å². The van der Waals surface area contributed by atoms with Crippen LogP contribution in [0.5, 0.6) is 11.5 Å². The number of hydrogen-bond donors (Lipinski definition) is 2. The minimum Gasteiger partial charge on any atom is -0.493 e. The Balaban J connectivity index is 1.54. The van der Waals surface area contributed by atoms with Gasteiger partial charge in [-0.3, -0.25) is 9.59 Å². The first-order valence-electron chi connectivity index (χ1n) is 10.4. The van der Waals surface area contributed by atoms with Crippen LogP contribution in [0.1, 0.15) is 44.1 Å². The summed E-state index contributed by atoms with van der Waals surface area (Å²) in [5.41, 5.74) is 3.41. The van der Waals surface area contributed by atoms with Crippen LogP contribution in [-0.2, 0) is 15.0 Å². The molecule has 0 bridgehead atoms. The van der Waals surface area contributed by atoms with Crippen molar-refractivity contribution in [1.29, 1.82) is 0 Å². The highest BCUT2D eigenvalue weighted by molar-refractivity contribution is 6.05. The fourth-order valence-corrected chi connectivity index (χ4v) is 5.08. The zero-order chi connectivity index (χ0) is 21.5. The van der Waals surface area contributed by atoms with Gasteiger partial charge in [0.2, 0.25) is 0 Å². The Morgan fingerprint density at radius 1 is 1.17 bits per heavy atom. The Morgan fingerprint density at radius 3 is 2.53 bits per heavy atom. The Kier molecular flexibility index (Phi) is 5.22. The third-order valence-electron chi connectivity index (χ3n) is 7.24. The lowest BCUT2D eigenvalue weighted by molar-refractivity contribution is -0.149. The number of carbonyl (C=O) groups excluding carboxylic acids is 1. The largest absolute Gasteiger partial charge is 0.493 e. The number of ether oxygens (including phenoxy) is 2. The molecule has 1 saturated heterocycles. The number of carboxylic acid groups (broad SMARTS) is 1. The number of aliphatic carboxylic acids is 1. The third-order valence-corrected chi connectivity index (χ3v) is 7.24. The van der Waals surface area contributed by atoms with Gasteiger partial charge in [-0.05, 0) is 63.4 Å². The number of nitrogens with zero attached hydrogens (tertiary/aromatic N) is 2. The number of nitrogens with one attached hydrogen (secondary N) is 1. The predicted octanol–water partition coefficient (Wildman–Crippen LogP) is 2.17. The van der Waals surface area contributed by atoms with E-state index in [9.17, 15) is 14.7 Å². The summed E-state index contributed by atoms with van der Waals surface area (Å²) in [7, 11) is 5.41. The maximum atomic E-state index is 12.3. The summed E-state index contributed by atoms with van der Waals surface area (Å²) in [5.74, 6) is -0.118. The van der Waals surface area contributed by atoms with Crippen molar-refractivity contribution in [2.24, 2.45) is 10.5 Å². The van der Waals surface area contributed by atoms with Crippen LogP contribution in [0, 0.1) is 5.41 Å². The van der Waals surface area contributed by atoms with E-state index in [4.69, 9.17) is 9.47 Å². The van der Waals surface area contributed by atoms with Gasteiger partial charge in [0.15, 0.2) is 11.5 Å². The number of methoxy groups -OCH3 is 2. The van der Waals surface area contributed by atoms with Gasteiger partial charge in [-0.1, -0.05) is 6.07 Å². The Bertz CT molecular complexity index is 895. The lowest BCUT2D eigenvalue weighted by atomic mass is 9.65. The van der Waals surface area contributed by atoms with E-state index in [2.05, 4.69) is 34.6 Å². The van der Waals surface area contributed by atoms with Gasteiger partial charge in [-0.25, -0.2) is 5.43 Å². The summed E-state index contributed by atoms with van der Waals surface area (Å²) in [6, 6.07) is 6.43. The summed E-state index contributed by atoms with van der Waals surface area (Å²) in [4.78, 5) is 26.0. The first-order chi connectivity index (χ1) is 14.4. The average Bonchev–Trinajstić information content (AvgIpc) is 3.51. The van der Waals surface area contributed by atoms with Gasteiger partial charge in [0.1, 0.15) is 5.41 Å². The van der Waals surface area contributed by atoms with Gasteiger partial charge in [0.25, 0.3) is 5.91 Å². The molecule has 2 N–H and O–H groups in total. The van der Waals surface area contributed by atoms with Gasteiger partial charge in [-0.2, -0.15) is 5.10 Å². The molecule has 0 radical (unpaired) electrons. The lowest BCUT2D eigenvalue weighted by Crippen LogP contribution is -2.46. The molecule has 0 spiro atoms. The summed E-state index contributed by atoms with van der Waals surface area (Å²) < 4.78 is 10.9. The van der Waals surface area contributed by atoms with Crippen molar-refractivity contribution in [1.82, 2.24) is 10.3 Å². The second kappa shape index (κ2) is 7.58. The van der Waals surface area contributed by atoms with E-state index in [1.807, 2.05) is 6.07 Å². The van der Waals surface area contributed by atoms with Crippen LogP contribution in [0.25, 0.3) is 0 Å². The lowest BCUT2D eigenvalue weighted by Gasteiger charge is -2.42. The average molecular weight is 415 g/mol. The van der Waals surface area contributed by atoms with Crippen molar-refractivity contribution >= 4 is 17.6 Å².